The minimum absolute atomic E-state index is 0.0688. The Balaban J connectivity index is 2.03. The molecule has 0 bridgehead atoms. The van der Waals surface area contributed by atoms with E-state index in [1.54, 1.807) is 39.0 Å². The third-order valence-corrected chi connectivity index (χ3v) is 6.87. The third-order valence-electron chi connectivity index (χ3n) is 4.83. The van der Waals surface area contributed by atoms with Gasteiger partial charge < -0.3 is 14.5 Å². The predicted octanol–water partition coefficient (Wildman–Crippen LogP) is 4.97. The van der Waals surface area contributed by atoms with Gasteiger partial charge in [0, 0.05) is 18.7 Å². The van der Waals surface area contributed by atoms with Crippen LogP contribution in [0.15, 0.2) is 64.1 Å². The van der Waals surface area contributed by atoms with Crippen molar-refractivity contribution in [3.63, 3.8) is 0 Å². The van der Waals surface area contributed by atoms with Gasteiger partial charge in [-0.05, 0) is 55.8 Å². The molecule has 1 heterocycles. The third kappa shape index (κ3) is 4.98. The Labute approximate surface area is 182 Å². The van der Waals surface area contributed by atoms with Crippen LogP contribution < -0.4 is 10.1 Å². The van der Waals surface area contributed by atoms with Crippen molar-refractivity contribution in [2.75, 3.05) is 18.4 Å². The number of hydrogen-bond donors (Lipinski definition) is 1. The molecule has 0 spiro atoms. The Hall–Kier alpha value is -3.10. The summed E-state index contributed by atoms with van der Waals surface area (Å²) in [5, 5.41) is 2.74. The van der Waals surface area contributed by atoms with Gasteiger partial charge >= 0.3 is 0 Å². The van der Waals surface area contributed by atoms with Crippen LogP contribution in [0.4, 0.5) is 5.69 Å². The van der Waals surface area contributed by atoms with Gasteiger partial charge in [-0.15, -0.1) is 0 Å². The molecule has 0 aliphatic rings. The smallest absolute Gasteiger partial charge is 0.291 e. The number of sulfonamides is 1. The molecule has 1 aromatic heterocycles. The molecule has 0 radical (unpaired) electrons. The summed E-state index contributed by atoms with van der Waals surface area (Å²) in [5.41, 5.74) is 1.91. The lowest BCUT2D eigenvalue weighted by Crippen LogP contribution is -2.30. The van der Waals surface area contributed by atoms with Crippen molar-refractivity contribution in [2.24, 2.45) is 0 Å². The molecule has 0 fully saturated rings. The number of carbonyl (C=O) groups is 1. The zero-order chi connectivity index (χ0) is 22.6. The molecule has 0 aliphatic carbocycles. The van der Waals surface area contributed by atoms with Gasteiger partial charge in [0.05, 0.1) is 16.8 Å². The second-order valence-electron chi connectivity index (χ2n) is 7.05. The molecule has 2 aromatic carbocycles. The van der Waals surface area contributed by atoms with Crippen molar-refractivity contribution in [2.45, 2.75) is 32.6 Å². The first-order valence-corrected chi connectivity index (χ1v) is 11.4. The highest BCUT2D eigenvalue weighted by molar-refractivity contribution is 7.89. The van der Waals surface area contributed by atoms with Gasteiger partial charge in [0.25, 0.3) is 5.91 Å². The van der Waals surface area contributed by atoms with Crippen LogP contribution in [0.3, 0.4) is 0 Å². The fourth-order valence-corrected chi connectivity index (χ4v) is 4.64. The van der Waals surface area contributed by atoms with Crippen molar-refractivity contribution in [3.05, 3.63) is 71.7 Å². The molecule has 0 aliphatic heterocycles. The van der Waals surface area contributed by atoms with Crippen LogP contribution in [0.5, 0.6) is 11.5 Å². The molecule has 0 saturated heterocycles. The first-order chi connectivity index (χ1) is 14.8. The second kappa shape index (κ2) is 9.36. The van der Waals surface area contributed by atoms with E-state index < -0.39 is 15.9 Å². The maximum absolute atomic E-state index is 13.0. The van der Waals surface area contributed by atoms with Crippen LogP contribution >= 0.6 is 0 Å². The maximum Gasteiger partial charge on any atom is 0.291 e. The molecule has 1 N–H and O–H groups in total. The molecule has 8 heteroatoms. The molecule has 3 rings (SSSR count). The van der Waals surface area contributed by atoms with Crippen LogP contribution in [0.25, 0.3) is 0 Å². The maximum atomic E-state index is 13.0. The average Bonchev–Trinajstić information content (AvgIpc) is 3.16. The fraction of sp³-hybridized carbons (Fsp3) is 0.261. The zero-order valence-electron chi connectivity index (χ0n) is 18.0. The first kappa shape index (κ1) is 22.6. The molecule has 31 heavy (non-hydrogen) atoms. The van der Waals surface area contributed by atoms with E-state index in [2.05, 4.69) is 5.32 Å². The van der Waals surface area contributed by atoms with E-state index >= 15 is 0 Å². The molecule has 164 valence electrons. The number of hydrogen-bond acceptors (Lipinski definition) is 5. The van der Waals surface area contributed by atoms with E-state index in [1.165, 1.54) is 22.7 Å². The second-order valence-corrected chi connectivity index (χ2v) is 8.99. The monoisotopic (exact) mass is 442 g/mol. The van der Waals surface area contributed by atoms with E-state index in [-0.39, 0.29) is 16.3 Å². The van der Waals surface area contributed by atoms with Crippen molar-refractivity contribution >= 4 is 21.6 Å². The highest BCUT2D eigenvalue weighted by atomic mass is 32.2. The zero-order valence-corrected chi connectivity index (χ0v) is 18.8. The summed E-state index contributed by atoms with van der Waals surface area (Å²) in [5.74, 6) is 0.554. The number of nitrogens with zero attached hydrogens (tertiary/aromatic N) is 1. The normalized spacial score (nSPS) is 11.5. The lowest BCUT2D eigenvalue weighted by Gasteiger charge is -2.20. The Morgan fingerprint density at radius 1 is 1.06 bits per heavy atom. The fourth-order valence-electron chi connectivity index (χ4n) is 3.16. The van der Waals surface area contributed by atoms with Gasteiger partial charge in [-0.2, -0.15) is 4.31 Å². The van der Waals surface area contributed by atoms with E-state index in [0.29, 0.717) is 30.2 Å². The summed E-state index contributed by atoms with van der Waals surface area (Å²) in [6.07, 6.45) is 1.43. The minimum Gasteiger partial charge on any atom is -0.459 e. The quantitative estimate of drug-likeness (QED) is 0.532. The molecular weight excluding hydrogens is 416 g/mol. The Kier molecular flexibility index (Phi) is 6.82. The Bertz CT molecular complexity index is 1180. The first-order valence-electron chi connectivity index (χ1n) is 10.0. The SMILES string of the molecule is CCN(CC)S(=O)(=O)c1ccc(Oc2cccc(C)c2)c(NC(=O)c2occc2C)c1. The number of benzene rings is 2. The summed E-state index contributed by atoms with van der Waals surface area (Å²) in [4.78, 5) is 12.8. The van der Waals surface area contributed by atoms with Crippen LogP contribution in [0.1, 0.15) is 35.5 Å². The molecule has 7 nitrogen and oxygen atoms in total. The number of anilines is 1. The van der Waals surface area contributed by atoms with Gasteiger partial charge in [-0.25, -0.2) is 8.42 Å². The Morgan fingerprint density at radius 2 is 1.81 bits per heavy atom. The van der Waals surface area contributed by atoms with Crippen LogP contribution in [0.2, 0.25) is 0 Å². The Morgan fingerprint density at radius 3 is 2.42 bits per heavy atom. The number of carbonyl (C=O) groups excluding carboxylic acids is 1. The van der Waals surface area contributed by atoms with Crippen molar-refractivity contribution < 1.29 is 22.4 Å². The molecule has 1 amide bonds. The van der Waals surface area contributed by atoms with E-state index in [9.17, 15) is 13.2 Å². The van der Waals surface area contributed by atoms with Crippen molar-refractivity contribution in [1.82, 2.24) is 4.31 Å². The number of ether oxygens (including phenoxy) is 1. The number of furan rings is 1. The van der Waals surface area contributed by atoms with Crippen LogP contribution in [0, 0.1) is 13.8 Å². The van der Waals surface area contributed by atoms with E-state index in [1.807, 2.05) is 25.1 Å². The lowest BCUT2D eigenvalue weighted by molar-refractivity contribution is 0.0995. The standard InChI is InChI=1S/C23H26N2O5S/c1-5-25(6-2)31(27,28)19-10-11-21(30-18-9-7-8-16(3)14-18)20(15-19)24-23(26)22-17(4)12-13-29-22/h7-15H,5-6H2,1-4H3,(H,24,26). The average molecular weight is 443 g/mol. The summed E-state index contributed by atoms with van der Waals surface area (Å²) in [7, 11) is -3.71. The highest BCUT2D eigenvalue weighted by Gasteiger charge is 2.24. The van der Waals surface area contributed by atoms with Gasteiger partial charge in [0.15, 0.2) is 11.5 Å². The molecule has 3 aromatic rings. The molecule has 0 unspecified atom stereocenters. The number of amides is 1. The van der Waals surface area contributed by atoms with Crippen LogP contribution in [-0.4, -0.2) is 31.7 Å². The molecule has 0 atom stereocenters. The largest absolute Gasteiger partial charge is 0.459 e. The van der Waals surface area contributed by atoms with E-state index in [4.69, 9.17) is 9.15 Å². The minimum atomic E-state index is -3.71. The topological polar surface area (TPSA) is 88.9 Å². The molecular formula is C23H26N2O5S. The van der Waals surface area contributed by atoms with Crippen molar-refractivity contribution in [1.29, 1.82) is 0 Å². The molecule has 0 saturated carbocycles. The van der Waals surface area contributed by atoms with Gasteiger partial charge in [-0.3, -0.25) is 4.79 Å². The summed E-state index contributed by atoms with van der Waals surface area (Å²) < 4.78 is 38.5. The number of nitrogens with one attached hydrogen (secondary N) is 1. The number of rotatable bonds is 8. The summed E-state index contributed by atoms with van der Waals surface area (Å²) in [6.45, 7) is 7.93. The van der Waals surface area contributed by atoms with Crippen LogP contribution in [-0.2, 0) is 10.0 Å². The van der Waals surface area contributed by atoms with Gasteiger partial charge in [0.1, 0.15) is 5.75 Å². The van der Waals surface area contributed by atoms with Crippen molar-refractivity contribution in [3.8, 4) is 11.5 Å². The predicted molar refractivity (Wildman–Crippen MR) is 119 cm³/mol. The lowest BCUT2D eigenvalue weighted by atomic mass is 10.2. The highest BCUT2D eigenvalue weighted by Crippen LogP contribution is 2.33. The summed E-state index contributed by atoms with van der Waals surface area (Å²) in [6, 6.07) is 13.5. The van der Waals surface area contributed by atoms with Gasteiger partial charge in [-0.1, -0.05) is 26.0 Å². The number of aryl methyl sites for hydroxylation is 2. The van der Waals surface area contributed by atoms with E-state index in [0.717, 1.165) is 5.56 Å². The summed E-state index contributed by atoms with van der Waals surface area (Å²) >= 11 is 0. The van der Waals surface area contributed by atoms with Gasteiger partial charge in [0.2, 0.25) is 10.0 Å².